The third-order valence-corrected chi connectivity index (χ3v) is 7.02. The minimum absolute atomic E-state index is 0.0406. The molecule has 2 unspecified atom stereocenters. The summed E-state index contributed by atoms with van der Waals surface area (Å²) in [6.07, 6.45) is 4.14. The Morgan fingerprint density at radius 2 is 2.00 bits per heavy atom. The Labute approximate surface area is 183 Å². The van der Waals surface area contributed by atoms with Crippen molar-refractivity contribution >= 4 is 17.8 Å². The highest BCUT2D eigenvalue weighted by molar-refractivity contribution is 5.98. The molecule has 0 radical (unpaired) electrons. The third-order valence-electron chi connectivity index (χ3n) is 7.02. The molecule has 2 bridgehead atoms. The number of esters is 1. The van der Waals surface area contributed by atoms with Crippen LogP contribution in [0.2, 0.25) is 0 Å². The van der Waals surface area contributed by atoms with Gasteiger partial charge in [-0.25, -0.2) is 0 Å². The highest BCUT2D eigenvalue weighted by atomic mass is 16.6. The Bertz CT molecular complexity index is 782. The van der Waals surface area contributed by atoms with Gasteiger partial charge in [0.2, 0.25) is 11.8 Å². The van der Waals surface area contributed by atoms with Gasteiger partial charge >= 0.3 is 5.97 Å². The van der Waals surface area contributed by atoms with Crippen LogP contribution >= 0.6 is 0 Å². The zero-order valence-electron chi connectivity index (χ0n) is 18.9. The molecule has 0 aromatic heterocycles. The second kappa shape index (κ2) is 8.39. The maximum atomic E-state index is 13.8. The lowest BCUT2D eigenvalue weighted by atomic mass is 9.66. The number of carbonyl (C=O) groups excluding carboxylic acids is 3. The zero-order chi connectivity index (χ0) is 23.1. The maximum Gasteiger partial charge on any atom is 0.313 e. The summed E-state index contributed by atoms with van der Waals surface area (Å²) in [5, 5.41) is 9.86. The second-order valence-corrected chi connectivity index (χ2v) is 9.30. The molecule has 0 aromatic rings. The molecule has 3 rings (SSSR count). The van der Waals surface area contributed by atoms with Crippen molar-refractivity contribution in [2.75, 3.05) is 19.8 Å². The Balaban J connectivity index is 2.09. The molecule has 1 spiro atoms. The van der Waals surface area contributed by atoms with E-state index in [2.05, 4.69) is 13.2 Å². The number of carbonyl (C=O) groups is 3. The van der Waals surface area contributed by atoms with E-state index in [0.717, 1.165) is 0 Å². The van der Waals surface area contributed by atoms with Gasteiger partial charge in [-0.15, -0.1) is 6.58 Å². The van der Waals surface area contributed by atoms with Crippen LogP contribution in [0.1, 0.15) is 40.5 Å². The molecule has 0 saturated carbocycles. The molecule has 3 aliphatic heterocycles. The molecular formula is C23H34N2O6. The van der Waals surface area contributed by atoms with Crippen molar-refractivity contribution in [3.8, 4) is 0 Å². The van der Waals surface area contributed by atoms with Crippen molar-refractivity contribution < 1.29 is 29.0 Å². The summed E-state index contributed by atoms with van der Waals surface area (Å²) in [5.41, 5.74) is -2.01. The molecule has 31 heavy (non-hydrogen) atoms. The summed E-state index contributed by atoms with van der Waals surface area (Å²) in [4.78, 5) is 43.6. The molecule has 3 saturated heterocycles. The standard InChI is InChI=1S/C23H34N2O6/c1-7-11-24(14(3)4)20(28)18-23-10-9-22(6,31-23)17(21(29)30-12-8-2)16(23)19(27)25(18)15(5)13-26/h7-8,14-18,26H,1-2,9-13H2,3-6H3/t15-,16+,17-,18?,22+,23?/m1/s1. The van der Waals surface area contributed by atoms with E-state index in [1.54, 1.807) is 17.9 Å². The van der Waals surface area contributed by atoms with E-state index in [4.69, 9.17) is 9.47 Å². The fourth-order valence-electron chi connectivity index (χ4n) is 5.65. The summed E-state index contributed by atoms with van der Waals surface area (Å²) in [7, 11) is 0. The maximum absolute atomic E-state index is 13.8. The number of ether oxygens (including phenoxy) is 2. The van der Waals surface area contributed by atoms with Crippen LogP contribution in [0.5, 0.6) is 0 Å². The molecular weight excluding hydrogens is 400 g/mol. The lowest BCUT2D eigenvalue weighted by Gasteiger charge is -2.39. The van der Waals surface area contributed by atoms with E-state index >= 15 is 0 Å². The minimum Gasteiger partial charge on any atom is -0.461 e. The van der Waals surface area contributed by atoms with Crippen LogP contribution < -0.4 is 0 Å². The number of hydrogen-bond acceptors (Lipinski definition) is 6. The van der Waals surface area contributed by atoms with Crippen molar-refractivity contribution in [2.24, 2.45) is 11.8 Å². The molecule has 3 aliphatic rings. The summed E-state index contributed by atoms with van der Waals surface area (Å²) < 4.78 is 11.8. The monoisotopic (exact) mass is 434 g/mol. The number of rotatable bonds is 9. The van der Waals surface area contributed by atoms with Gasteiger partial charge in [-0.3, -0.25) is 14.4 Å². The van der Waals surface area contributed by atoms with Gasteiger partial charge in [-0.2, -0.15) is 0 Å². The van der Waals surface area contributed by atoms with Gasteiger partial charge in [0.15, 0.2) is 0 Å². The molecule has 3 heterocycles. The summed E-state index contributed by atoms with van der Waals surface area (Å²) in [6.45, 7) is 14.7. The summed E-state index contributed by atoms with van der Waals surface area (Å²) >= 11 is 0. The van der Waals surface area contributed by atoms with Crippen molar-refractivity contribution in [1.29, 1.82) is 0 Å². The van der Waals surface area contributed by atoms with Gasteiger partial charge in [-0.05, 0) is 40.5 Å². The normalized spacial score (nSPS) is 34.6. The minimum atomic E-state index is -1.13. The van der Waals surface area contributed by atoms with Gasteiger partial charge in [-0.1, -0.05) is 18.7 Å². The Morgan fingerprint density at radius 1 is 1.32 bits per heavy atom. The molecule has 8 nitrogen and oxygen atoms in total. The highest BCUT2D eigenvalue weighted by Gasteiger charge is 2.78. The van der Waals surface area contributed by atoms with Crippen LogP contribution in [0.3, 0.4) is 0 Å². The predicted octanol–water partition coefficient (Wildman–Crippen LogP) is 1.28. The lowest BCUT2D eigenvalue weighted by Crippen LogP contribution is -2.59. The first-order valence-corrected chi connectivity index (χ1v) is 10.9. The molecule has 2 amide bonds. The Kier molecular flexibility index (Phi) is 6.35. The van der Waals surface area contributed by atoms with Crippen LogP contribution in [0.4, 0.5) is 0 Å². The van der Waals surface area contributed by atoms with E-state index in [0.29, 0.717) is 19.4 Å². The van der Waals surface area contributed by atoms with E-state index in [9.17, 15) is 19.5 Å². The van der Waals surface area contributed by atoms with Crippen LogP contribution in [0, 0.1) is 11.8 Å². The molecule has 0 aliphatic carbocycles. The summed E-state index contributed by atoms with van der Waals surface area (Å²) in [5.74, 6) is -2.75. The van der Waals surface area contributed by atoms with Crippen LogP contribution in [0.25, 0.3) is 0 Å². The number of aliphatic hydroxyl groups is 1. The highest BCUT2D eigenvalue weighted by Crippen LogP contribution is 2.63. The largest absolute Gasteiger partial charge is 0.461 e. The molecule has 3 fully saturated rings. The third kappa shape index (κ3) is 3.40. The first-order chi connectivity index (χ1) is 14.6. The fourth-order valence-corrected chi connectivity index (χ4v) is 5.65. The molecule has 172 valence electrons. The number of nitrogens with zero attached hydrogens (tertiary/aromatic N) is 2. The summed E-state index contributed by atoms with van der Waals surface area (Å²) in [6, 6.07) is -1.64. The molecule has 6 atom stereocenters. The SMILES string of the molecule is C=CCOC(=O)[C@H]1[C@H]2C(=O)N([C@H](C)CO)C(C(=O)N(CC=C)C(C)C)C23CC[C@]1(C)O3. The van der Waals surface area contributed by atoms with Gasteiger partial charge in [0.05, 0.1) is 24.2 Å². The molecule has 0 aromatic carbocycles. The van der Waals surface area contributed by atoms with Crippen LogP contribution in [-0.4, -0.2) is 81.8 Å². The average Bonchev–Trinajstić information content (AvgIpc) is 3.29. The van der Waals surface area contributed by atoms with Gasteiger partial charge in [0.1, 0.15) is 24.2 Å². The number of amides is 2. The van der Waals surface area contributed by atoms with Gasteiger partial charge in [0, 0.05) is 12.6 Å². The topological polar surface area (TPSA) is 96.4 Å². The van der Waals surface area contributed by atoms with Gasteiger partial charge < -0.3 is 24.4 Å². The first-order valence-electron chi connectivity index (χ1n) is 10.9. The van der Waals surface area contributed by atoms with E-state index in [1.807, 2.05) is 20.8 Å². The van der Waals surface area contributed by atoms with Crippen molar-refractivity contribution in [3.63, 3.8) is 0 Å². The van der Waals surface area contributed by atoms with Gasteiger partial charge in [0.25, 0.3) is 0 Å². The van der Waals surface area contributed by atoms with E-state index < -0.39 is 41.1 Å². The molecule has 8 heteroatoms. The Hall–Kier alpha value is -2.19. The first kappa shape index (κ1) is 23.5. The second-order valence-electron chi connectivity index (χ2n) is 9.30. The van der Waals surface area contributed by atoms with Crippen LogP contribution in [0.15, 0.2) is 25.3 Å². The Morgan fingerprint density at radius 3 is 2.55 bits per heavy atom. The smallest absolute Gasteiger partial charge is 0.313 e. The van der Waals surface area contributed by atoms with Crippen molar-refractivity contribution in [2.45, 2.75) is 69.9 Å². The zero-order valence-corrected chi connectivity index (χ0v) is 18.9. The predicted molar refractivity (Wildman–Crippen MR) is 114 cm³/mol. The van der Waals surface area contributed by atoms with Crippen molar-refractivity contribution in [3.05, 3.63) is 25.3 Å². The quantitative estimate of drug-likeness (QED) is 0.434. The number of hydrogen-bond donors (Lipinski definition) is 1. The van der Waals surface area contributed by atoms with Crippen LogP contribution in [-0.2, 0) is 23.9 Å². The van der Waals surface area contributed by atoms with E-state index in [1.165, 1.54) is 11.0 Å². The fraction of sp³-hybridized carbons (Fsp3) is 0.696. The molecule has 1 N–H and O–H groups in total. The number of aliphatic hydroxyl groups excluding tert-OH is 1. The van der Waals surface area contributed by atoms with Crippen molar-refractivity contribution in [1.82, 2.24) is 9.80 Å². The number of fused-ring (bicyclic) bond motifs is 1. The lowest BCUT2D eigenvalue weighted by molar-refractivity contribution is -0.161. The number of likely N-dealkylation sites (tertiary alicyclic amines) is 1. The average molecular weight is 435 g/mol. The van der Waals surface area contributed by atoms with E-state index in [-0.39, 0.29) is 31.1 Å².